The summed E-state index contributed by atoms with van der Waals surface area (Å²) in [4.78, 5) is 31.2. The molecule has 9 heteroatoms. The van der Waals surface area contributed by atoms with E-state index in [0.717, 1.165) is 19.2 Å². The molecule has 0 unspecified atom stereocenters. The van der Waals surface area contributed by atoms with Crippen molar-refractivity contribution in [2.45, 2.75) is 25.0 Å². The monoisotopic (exact) mass is 298 g/mol. The van der Waals surface area contributed by atoms with E-state index in [4.69, 9.17) is 0 Å². The van der Waals surface area contributed by atoms with Crippen LogP contribution in [0.1, 0.15) is 24.5 Å². The van der Waals surface area contributed by atoms with E-state index in [2.05, 4.69) is 4.74 Å². The second-order valence-electron chi connectivity index (χ2n) is 4.26. The van der Waals surface area contributed by atoms with E-state index in [-0.39, 0.29) is 24.1 Å². The minimum absolute atomic E-state index is 0.173. The number of aliphatic hydroxyl groups is 1. The van der Waals surface area contributed by atoms with Crippen molar-refractivity contribution in [2.75, 3.05) is 7.11 Å². The molecule has 114 valence electrons. The first-order valence-corrected chi connectivity index (χ1v) is 5.99. The average Bonchev–Trinajstić information content (AvgIpc) is 2.46. The molecular weight excluding hydrogens is 284 g/mol. The second-order valence-corrected chi connectivity index (χ2v) is 4.26. The quantitative estimate of drug-likeness (QED) is 0.454. The van der Waals surface area contributed by atoms with Crippen molar-refractivity contribution in [3.63, 3.8) is 0 Å². The van der Waals surface area contributed by atoms with Crippen molar-refractivity contribution in [2.24, 2.45) is 0 Å². The number of non-ortho nitro benzene ring substituents is 1. The van der Waals surface area contributed by atoms with E-state index >= 15 is 0 Å². The molecule has 0 aliphatic heterocycles. The van der Waals surface area contributed by atoms with E-state index in [0.29, 0.717) is 0 Å². The normalized spacial score (nSPS) is 13.2. The Morgan fingerprint density at radius 2 is 1.86 bits per heavy atom. The minimum atomic E-state index is -1.47. The molecular formula is C12H14N2O7. The van der Waals surface area contributed by atoms with Gasteiger partial charge in [0.25, 0.3) is 5.69 Å². The number of rotatable bonds is 7. The highest BCUT2D eigenvalue weighted by atomic mass is 16.6. The predicted molar refractivity (Wildman–Crippen MR) is 70.1 cm³/mol. The van der Waals surface area contributed by atoms with Crippen molar-refractivity contribution >= 4 is 11.7 Å². The lowest BCUT2D eigenvalue weighted by atomic mass is 9.99. The maximum atomic E-state index is 11.0. The summed E-state index contributed by atoms with van der Waals surface area (Å²) in [6, 6.07) is 3.39. The largest absolute Gasteiger partial charge is 0.469 e. The second kappa shape index (κ2) is 7.29. The van der Waals surface area contributed by atoms with Crippen molar-refractivity contribution in [3.05, 3.63) is 50.1 Å². The summed E-state index contributed by atoms with van der Waals surface area (Å²) in [6.07, 6.45) is -1.87. The van der Waals surface area contributed by atoms with E-state index in [1.807, 2.05) is 0 Å². The van der Waals surface area contributed by atoms with Crippen molar-refractivity contribution in [3.8, 4) is 0 Å². The van der Waals surface area contributed by atoms with Gasteiger partial charge in [-0.3, -0.25) is 25.0 Å². The molecule has 1 aromatic rings. The lowest BCUT2D eigenvalue weighted by Gasteiger charge is -2.15. The van der Waals surface area contributed by atoms with E-state index in [1.165, 1.54) is 12.1 Å². The summed E-state index contributed by atoms with van der Waals surface area (Å²) in [5.41, 5.74) is -0.00895. The Morgan fingerprint density at radius 3 is 2.29 bits per heavy atom. The number of carbonyl (C=O) groups excluding carboxylic acids is 1. The molecule has 0 fully saturated rings. The van der Waals surface area contributed by atoms with Crippen molar-refractivity contribution < 1.29 is 24.5 Å². The number of nitro benzene ring substituents is 1. The number of methoxy groups -OCH3 is 1. The van der Waals surface area contributed by atoms with Crippen LogP contribution in [0.2, 0.25) is 0 Å². The van der Waals surface area contributed by atoms with Crippen LogP contribution in [0.15, 0.2) is 24.3 Å². The van der Waals surface area contributed by atoms with Gasteiger partial charge < -0.3 is 9.84 Å². The molecule has 0 aliphatic carbocycles. The Balaban J connectivity index is 2.84. The standard InChI is InChI=1S/C12H14N2O7/c1-21-11(15)7-6-10(14(19)20)12(16)8-2-4-9(5-3-8)13(17)18/h2-5,10,12,16H,6-7H2,1H3/t10-,12-/m1/s1. The number of hydrogen-bond acceptors (Lipinski definition) is 7. The fraction of sp³-hybridized carbons (Fsp3) is 0.417. The first-order chi connectivity index (χ1) is 9.86. The van der Waals surface area contributed by atoms with E-state index < -0.39 is 28.0 Å². The molecule has 0 saturated heterocycles. The van der Waals surface area contributed by atoms with Gasteiger partial charge in [0, 0.05) is 23.5 Å². The van der Waals surface area contributed by atoms with Gasteiger partial charge in [0.2, 0.25) is 6.04 Å². The number of benzene rings is 1. The average molecular weight is 298 g/mol. The van der Waals surface area contributed by atoms with Gasteiger partial charge in [0.05, 0.1) is 18.5 Å². The zero-order valence-electron chi connectivity index (χ0n) is 11.2. The SMILES string of the molecule is COC(=O)CC[C@H]([C@H](O)c1ccc([N+](=O)[O-])cc1)[N+](=O)[O-]. The molecule has 1 N–H and O–H groups in total. The smallest absolute Gasteiger partial charge is 0.305 e. The van der Waals surface area contributed by atoms with Gasteiger partial charge in [-0.1, -0.05) is 0 Å². The van der Waals surface area contributed by atoms with Crippen LogP contribution in [0, 0.1) is 20.2 Å². The van der Waals surface area contributed by atoms with Crippen LogP contribution in [-0.2, 0) is 9.53 Å². The van der Waals surface area contributed by atoms with Gasteiger partial charge in [-0.2, -0.15) is 0 Å². The highest BCUT2D eigenvalue weighted by molar-refractivity contribution is 5.69. The van der Waals surface area contributed by atoms with Crippen LogP contribution in [0.3, 0.4) is 0 Å². The molecule has 1 aromatic carbocycles. The highest BCUT2D eigenvalue weighted by Crippen LogP contribution is 2.24. The van der Waals surface area contributed by atoms with Crippen LogP contribution in [0.5, 0.6) is 0 Å². The van der Waals surface area contributed by atoms with E-state index in [9.17, 15) is 30.1 Å². The molecule has 1 rings (SSSR count). The van der Waals surface area contributed by atoms with Gasteiger partial charge in [-0.05, 0) is 17.7 Å². The van der Waals surface area contributed by atoms with Crippen LogP contribution in [0.4, 0.5) is 5.69 Å². The molecule has 0 amide bonds. The summed E-state index contributed by atoms with van der Waals surface area (Å²) in [5, 5.41) is 31.5. The number of aliphatic hydroxyl groups excluding tert-OH is 1. The van der Waals surface area contributed by atoms with E-state index in [1.54, 1.807) is 0 Å². The van der Waals surface area contributed by atoms with Crippen LogP contribution in [-0.4, -0.2) is 34.1 Å². The third kappa shape index (κ3) is 4.49. The summed E-state index contributed by atoms with van der Waals surface area (Å²) in [7, 11) is 1.16. The molecule has 0 saturated carbocycles. The molecule has 2 atom stereocenters. The Morgan fingerprint density at radius 1 is 1.29 bits per heavy atom. The molecule has 0 spiro atoms. The minimum Gasteiger partial charge on any atom is -0.469 e. The maximum absolute atomic E-state index is 11.0. The van der Waals surface area contributed by atoms with Crippen LogP contribution < -0.4 is 0 Å². The van der Waals surface area contributed by atoms with Crippen LogP contribution in [0.25, 0.3) is 0 Å². The molecule has 0 radical (unpaired) electrons. The zero-order valence-corrected chi connectivity index (χ0v) is 11.2. The van der Waals surface area contributed by atoms with Gasteiger partial charge >= 0.3 is 5.97 Å². The third-order valence-corrected chi connectivity index (χ3v) is 2.95. The predicted octanol–water partition coefficient (Wildman–Crippen LogP) is 1.23. The summed E-state index contributed by atoms with van der Waals surface area (Å²) in [6.45, 7) is 0. The first-order valence-electron chi connectivity index (χ1n) is 5.99. The van der Waals surface area contributed by atoms with Gasteiger partial charge in [-0.15, -0.1) is 0 Å². The fourth-order valence-corrected chi connectivity index (χ4v) is 1.76. The number of hydrogen-bond donors (Lipinski definition) is 1. The number of ether oxygens (including phenoxy) is 1. The number of esters is 1. The van der Waals surface area contributed by atoms with Gasteiger partial charge in [0.15, 0.2) is 0 Å². The Hall–Kier alpha value is -2.55. The Kier molecular flexibility index (Phi) is 5.73. The fourth-order valence-electron chi connectivity index (χ4n) is 1.76. The summed E-state index contributed by atoms with van der Waals surface area (Å²) in [5.74, 6) is -0.613. The Bertz CT molecular complexity index is 529. The first kappa shape index (κ1) is 16.5. The summed E-state index contributed by atoms with van der Waals surface area (Å²) < 4.78 is 4.39. The summed E-state index contributed by atoms with van der Waals surface area (Å²) >= 11 is 0. The van der Waals surface area contributed by atoms with Gasteiger partial charge in [-0.25, -0.2) is 0 Å². The topological polar surface area (TPSA) is 133 Å². The molecule has 9 nitrogen and oxygen atoms in total. The molecule has 21 heavy (non-hydrogen) atoms. The number of nitro groups is 2. The molecule has 0 aliphatic rings. The van der Waals surface area contributed by atoms with Crippen molar-refractivity contribution in [1.82, 2.24) is 0 Å². The molecule has 0 aromatic heterocycles. The Labute approximate surface area is 119 Å². The lowest BCUT2D eigenvalue weighted by Crippen LogP contribution is -2.28. The third-order valence-electron chi connectivity index (χ3n) is 2.95. The lowest BCUT2D eigenvalue weighted by molar-refractivity contribution is -0.536. The maximum Gasteiger partial charge on any atom is 0.305 e. The van der Waals surface area contributed by atoms with Crippen LogP contribution >= 0.6 is 0 Å². The highest BCUT2D eigenvalue weighted by Gasteiger charge is 2.32. The van der Waals surface area contributed by atoms with Gasteiger partial charge in [0.1, 0.15) is 6.10 Å². The number of nitrogens with zero attached hydrogens (tertiary/aromatic N) is 2. The molecule has 0 heterocycles. The molecule has 0 bridgehead atoms. The number of carbonyl (C=O) groups is 1. The van der Waals surface area contributed by atoms with Crippen molar-refractivity contribution in [1.29, 1.82) is 0 Å². The zero-order chi connectivity index (χ0) is 16.0.